The smallest absolute Gasteiger partial charge is 0.337 e. The van der Waals surface area contributed by atoms with E-state index in [1.807, 2.05) is 36.4 Å². The molecule has 20 heavy (non-hydrogen) atoms. The second-order valence-corrected chi connectivity index (χ2v) is 5.37. The lowest BCUT2D eigenvalue weighted by Gasteiger charge is -2.04. The highest BCUT2D eigenvalue weighted by Gasteiger charge is 2.08. The minimum absolute atomic E-state index is 0.338. The molecule has 2 aromatic carbocycles. The number of methoxy groups -OCH3 is 1. The van der Waals surface area contributed by atoms with Gasteiger partial charge in [-0.25, -0.2) is 9.78 Å². The summed E-state index contributed by atoms with van der Waals surface area (Å²) < 4.78 is 5.77. The molecule has 1 aromatic heterocycles. The molecular weight excluding hydrogens is 272 g/mol. The summed E-state index contributed by atoms with van der Waals surface area (Å²) >= 11 is 1.45. The summed E-state index contributed by atoms with van der Waals surface area (Å²) in [5.74, 6) is -0.338. The van der Waals surface area contributed by atoms with Crippen LogP contribution >= 0.6 is 11.3 Å². The standard InChI is InChI=1S/C15H12N2O2S/c1-19-14(18)11-4-2-3-9(7-11)10-5-6-12-13(8-10)20-15(16)17-12/h2-8H,1H3,(H2,16,17). The Morgan fingerprint density at radius 3 is 2.80 bits per heavy atom. The number of nitrogen functional groups attached to an aromatic ring is 1. The molecule has 0 saturated heterocycles. The third kappa shape index (κ3) is 2.23. The van der Waals surface area contributed by atoms with Gasteiger partial charge in [0.2, 0.25) is 0 Å². The van der Waals surface area contributed by atoms with Gasteiger partial charge < -0.3 is 10.5 Å². The van der Waals surface area contributed by atoms with Gasteiger partial charge in [-0.15, -0.1) is 0 Å². The van der Waals surface area contributed by atoms with Crippen molar-refractivity contribution in [2.24, 2.45) is 0 Å². The zero-order valence-electron chi connectivity index (χ0n) is 10.8. The number of thiazole rings is 1. The molecule has 3 aromatic rings. The fourth-order valence-electron chi connectivity index (χ4n) is 2.07. The van der Waals surface area contributed by atoms with Gasteiger partial charge in [0.15, 0.2) is 5.13 Å². The third-order valence-corrected chi connectivity index (χ3v) is 3.87. The monoisotopic (exact) mass is 284 g/mol. The number of esters is 1. The zero-order valence-corrected chi connectivity index (χ0v) is 11.6. The predicted molar refractivity (Wildman–Crippen MR) is 80.8 cm³/mol. The van der Waals surface area contributed by atoms with Crippen molar-refractivity contribution in [3.63, 3.8) is 0 Å². The van der Waals surface area contributed by atoms with Crippen molar-refractivity contribution < 1.29 is 9.53 Å². The highest BCUT2D eigenvalue weighted by molar-refractivity contribution is 7.22. The van der Waals surface area contributed by atoms with Crippen molar-refractivity contribution in [2.45, 2.75) is 0 Å². The number of aromatic nitrogens is 1. The molecule has 2 N–H and O–H groups in total. The minimum atomic E-state index is -0.338. The number of benzene rings is 2. The summed E-state index contributed by atoms with van der Waals surface area (Å²) in [6, 6.07) is 13.3. The maximum absolute atomic E-state index is 11.6. The summed E-state index contributed by atoms with van der Waals surface area (Å²) in [4.78, 5) is 15.8. The second-order valence-electron chi connectivity index (χ2n) is 4.31. The molecule has 0 unspecified atom stereocenters. The lowest BCUT2D eigenvalue weighted by molar-refractivity contribution is 0.0601. The Hall–Kier alpha value is -2.40. The van der Waals surface area contributed by atoms with Crippen LogP contribution in [0.4, 0.5) is 5.13 Å². The molecule has 0 fully saturated rings. The van der Waals surface area contributed by atoms with Gasteiger partial charge in [-0.05, 0) is 35.4 Å². The van der Waals surface area contributed by atoms with Crippen LogP contribution in [-0.2, 0) is 4.74 Å². The van der Waals surface area contributed by atoms with E-state index in [1.54, 1.807) is 6.07 Å². The molecule has 100 valence electrons. The molecular formula is C15H12N2O2S. The molecule has 0 radical (unpaired) electrons. The summed E-state index contributed by atoms with van der Waals surface area (Å²) in [5.41, 5.74) is 9.11. The second kappa shape index (κ2) is 4.94. The fourth-order valence-corrected chi connectivity index (χ4v) is 2.84. The maximum Gasteiger partial charge on any atom is 0.337 e. The average molecular weight is 284 g/mol. The molecule has 0 aliphatic carbocycles. The molecule has 0 atom stereocenters. The number of anilines is 1. The largest absolute Gasteiger partial charge is 0.465 e. The van der Waals surface area contributed by atoms with Gasteiger partial charge in [-0.3, -0.25) is 0 Å². The van der Waals surface area contributed by atoms with E-state index >= 15 is 0 Å². The number of hydrogen-bond acceptors (Lipinski definition) is 5. The third-order valence-electron chi connectivity index (χ3n) is 3.02. The number of rotatable bonds is 2. The Balaban J connectivity index is 2.08. The highest BCUT2D eigenvalue weighted by Crippen LogP contribution is 2.29. The first-order chi connectivity index (χ1) is 9.67. The molecule has 4 nitrogen and oxygen atoms in total. The van der Waals surface area contributed by atoms with Crippen molar-refractivity contribution in [3.05, 3.63) is 48.0 Å². The first-order valence-electron chi connectivity index (χ1n) is 6.02. The first kappa shape index (κ1) is 12.6. The number of fused-ring (bicyclic) bond motifs is 1. The van der Waals surface area contributed by atoms with Crippen LogP contribution in [0.25, 0.3) is 21.3 Å². The quantitative estimate of drug-likeness (QED) is 0.733. The van der Waals surface area contributed by atoms with E-state index in [9.17, 15) is 4.79 Å². The first-order valence-corrected chi connectivity index (χ1v) is 6.84. The summed E-state index contributed by atoms with van der Waals surface area (Å²) in [5, 5.41) is 0.556. The normalized spacial score (nSPS) is 10.7. The van der Waals surface area contributed by atoms with Crippen molar-refractivity contribution in [2.75, 3.05) is 12.8 Å². The molecule has 0 aliphatic rings. The molecule has 5 heteroatoms. The van der Waals surface area contributed by atoms with Gasteiger partial charge in [0.25, 0.3) is 0 Å². The summed E-state index contributed by atoms with van der Waals surface area (Å²) in [7, 11) is 1.38. The van der Waals surface area contributed by atoms with Crippen LogP contribution in [0, 0.1) is 0 Å². The highest BCUT2D eigenvalue weighted by atomic mass is 32.1. The maximum atomic E-state index is 11.6. The van der Waals surface area contributed by atoms with Gasteiger partial charge in [-0.2, -0.15) is 0 Å². The van der Waals surface area contributed by atoms with Crippen LogP contribution < -0.4 is 5.73 Å². The Kier molecular flexibility index (Phi) is 3.12. The van der Waals surface area contributed by atoms with Crippen molar-refractivity contribution in [3.8, 4) is 11.1 Å². The van der Waals surface area contributed by atoms with E-state index in [1.165, 1.54) is 18.4 Å². The molecule has 1 heterocycles. The zero-order chi connectivity index (χ0) is 14.1. The molecule has 3 rings (SSSR count). The van der Waals surface area contributed by atoms with Crippen LogP contribution in [0.1, 0.15) is 10.4 Å². The number of ether oxygens (including phenoxy) is 1. The number of carbonyl (C=O) groups excluding carboxylic acids is 1. The Morgan fingerprint density at radius 2 is 2.00 bits per heavy atom. The van der Waals surface area contributed by atoms with Gasteiger partial charge in [0.05, 0.1) is 22.9 Å². The molecule has 0 bridgehead atoms. The number of nitrogens with zero attached hydrogens (tertiary/aromatic N) is 1. The van der Waals surface area contributed by atoms with E-state index in [2.05, 4.69) is 4.98 Å². The topological polar surface area (TPSA) is 65.2 Å². The van der Waals surface area contributed by atoms with E-state index in [0.717, 1.165) is 21.3 Å². The van der Waals surface area contributed by atoms with Gasteiger partial charge in [-0.1, -0.05) is 29.5 Å². The van der Waals surface area contributed by atoms with Crippen molar-refractivity contribution >= 4 is 32.7 Å². The van der Waals surface area contributed by atoms with Crippen molar-refractivity contribution in [1.82, 2.24) is 4.98 Å². The number of nitrogens with two attached hydrogens (primary N) is 1. The van der Waals surface area contributed by atoms with E-state index < -0.39 is 0 Å². The SMILES string of the molecule is COC(=O)c1cccc(-c2ccc3nc(N)sc3c2)c1. The minimum Gasteiger partial charge on any atom is -0.465 e. The van der Waals surface area contributed by atoms with E-state index in [-0.39, 0.29) is 5.97 Å². The van der Waals surface area contributed by atoms with Crippen molar-refractivity contribution in [1.29, 1.82) is 0 Å². The molecule has 0 amide bonds. The number of hydrogen-bond donors (Lipinski definition) is 1. The number of carbonyl (C=O) groups is 1. The average Bonchev–Trinajstić information content (AvgIpc) is 2.85. The summed E-state index contributed by atoms with van der Waals surface area (Å²) in [6.07, 6.45) is 0. The Bertz CT molecular complexity index is 795. The summed E-state index contributed by atoms with van der Waals surface area (Å²) in [6.45, 7) is 0. The predicted octanol–water partition coefficient (Wildman–Crippen LogP) is 3.33. The lowest BCUT2D eigenvalue weighted by Crippen LogP contribution is -2.00. The van der Waals surface area contributed by atoms with Crippen LogP contribution in [0.3, 0.4) is 0 Å². The fraction of sp³-hybridized carbons (Fsp3) is 0.0667. The Labute approximate surface area is 119 Å². The molecule has 0 saturated carbocycles. The Morgan fingerprint density at radius 1 is 1.20 bits per heavy atom. The van der Waals surface area contributed by atoms with Gasteiger partial charge in [0.1, 0.15) is 0 Å². The van der Waals surface area contributed by atoms with Crippen LogP contribution in [0.15, 0.2) is 42.5 Å². The van der Waals surface area contributed by atoms with E-state index in [4.69, 9.17) is 10.5 Å². The van der Waals surface area contributed by atoms with Crippen LogP contribution in [0.2, 0.25) is 0 Å². The van der Waals surface area contributed by atoms with Gasteiger partial charge in [0, 0.05) is 0 Å². The van der Waals surface area contributed by atoms with E-state index in [0.29, 0.717) is 10.7 Å². The molecule has 0 aliphatic heterocycles. The van der Waals surface area contributed by atoms with Gasteiger partial charge >= 0.3 is 5.97 Å². The van der Waals surface area contributed by atoms with Crippen LogP contribution in [0.5, 0.6) is 0 Å². The van der Waals surface area contributed by atoms with Crippen LogP contribution in [-0.4, -0.2) is 18.1 Å². The molecule has 0 spiro atoms. The lowest BCUT2D eigenvalue weighted by atomic mass is 10.0.